The Kier molecular flexibility index (Phi) is 8.07. The van der Waals surface area contributed by atoms with Crippen molar-refractivity contribution in [2.75, 3.05) is 0 Å². The molecule has 0 aliphatic carbocycles. The summed E-state index contributed by atoms with van der Waals surface area (Å²) < 4.78 is -0.110. The second kappa shape index (κ2) is 9.29. The van der Waals surface area contributed by atoms with Crippen molar-refractivity contribution in [3.8, 4) is 0 Å². The van der Waals surface area contributed by atoms with Crippen molar-refractivity contribution in [3.05, 3.63) is 48.0 Å². The van der Waals surface area contributed by atoms with E-state index in [1.807, 2.05) is 45.9 Å². The average Bonchev–Trinajstić information content (AvgIpc) is 2.46. The standard InChI is InChI=1S/C20H30O2S/c1-6-7-13-17(16-11-9-8-10-12-16)15(2)18(21)14-19(22)23-20(3,4)5/h7-13,15,17-18,21H,6,14H2,1-5H3/b13-7+/t15-,17+,18?/m0/s1. The molecule has 0 heterocycles. The molecule has 0 bridgehead atoms. The molecule has 0 fully saturated rings. The van der Waals surface area contributed by atoms with Gasteiger partial charge in [0.25, 0.3) is 0 Å². The smallest absolute Gasteiger partial charge is 0.192 e. The van der Waals surface area contributed by atoms with Gasteiger partial charge in [-0.05, 0) is 17.9 Å². The lowest BCUT2D eigenvalue weighted by atomic mass is 9.82. The molecule has 0 spiro atoms. The summed E-state index contributed by atoms with van der Waals surface area (Å²) in [6.07, 6.45) is 4.82. The molecule has 0 aliphatic rings. The van der Waals surface area contributed by atoms with Crippen molar-refractivity contribution in [1.29, 1.82) is 0 Å². The highest BCUT2D eigenvalue weighted by atomic mass is 32.2. The Hall–Kier alpha value is -1.06. The maximum Gasteiger partial charge on any atom is 0.192 e. The number of carbonyl (C=O) groups is 1. The second-order valence-electron chi connectivity index (χ2n) is 6.99. The van der Waals surface area contributed by atoms with Crippen LogP contribution in [0.4, 0.5) is 0 Å². The number of aliphatic hydroxyl groups is 1. The summed E-state index contributed by atoms with van der Waals surface area (Å²) in [5.41, 5.74) is 1.18. The fraction of sp³-hybridized carbons (Fsp3) is 0.550. The third-order valence-electron chi connectivity index (χ3n) is 3.73. The lowest BCUT2D eigenvalue weighted by Crippen LogP contribution is -2.26. The lowest BCUT2D eigenvalue weighted by molar-refractivity contribution is -0.113. The normalized spacial score (nSPS) is 16.3. The van der Waals surface area contributed by atoms with Crippen molar-refractivity contribution < 1.29 is 9.90 Å². The van der Waals surface area contributed by atoms with Gasteiger partial charge in [-0.3, -0.25) is 4.79 Å². The van der Waals surface area contributed by atoms with Crippen LogP contribution in [-0.4, -0.2) is 21.1 Å². The monoisotopic (exact) mass is 334 g/mol. The van der Waals surface area contributed by atoms with E-state index < -0.39 is 6.10 Å². The molecule has 1 aromatic rings. The lowest BCUT2D eigenvalue weighted by Gasteiger charge is -2.27. The highest BCUT2D eigenvalue weighted by Crippen LogP contribution is 2.32. The molecule has 23 heavy (non-hydrogen) atoms. The first kappa shape index (κ1) is 20.0. The predicted molar refractivity (Wildman–Crippen MR) is 101 cm³/mol. The summed E-state index contributed by atoms with van der Waals surface area (Å²) in [7, 11) is 0. The van der Waals surface area contributed by atoms with E-state index in [0.717, 1.165) is 6.42 Å². The van der Waals surface area contributed by atoms with Crippen LogP contribution >= 0.6 is 11.8 Å². The second-order valence-corrected chi connectivity index (χ2v) is 8.87. The third-order valence-corrected chi connectivity index (χ3v) is 4.74. The summed E-state index contributed by atoms with van der Waals surface area (Å²) in [5, 5.41) is 10.6. The van der Waals surface area contributed by atoms with E-state index >= 15 is 0 Å². The van der Waals surface area contributed by atoms with Gasteiger partial charge in [-0.25, -0.2) is 0 Å². The molecule has 0 saturated heterocycles. The molecule has 1 N–H and O–H groups in total. The minimum atomic E-state index is -0.635. The van der Waals surface area contributed by atoms with Gasteiger partial charge in [-0.1, -0.05) is 88.9 Å². The quantitative estimate of drug-likeness (QED) is 0.698. The summed E-state index contributed by atoms with van der Waals surface area (Å²) in [6.45, 7) is 10.2. The van der Waals surface area contributed by atoms with Crippen molar-refractivity contribution in [3.63, 3.8) is 0 Å². The Balaban J connectivity index is 2.82. The molecule has 0 aliphatic heterocycles. The Bertz CT molecular complexity index is 502. The van der Waals surface area contributed by atoms with Crippen molar-refractivity contribution in [1.82, 2.24) is 0 Å². The van der Waals surface area contributed by atoms with Crippen LogP contribution in [0.1, 0.15) is 58.9 Å². The fourth-order valence-electron chi connectivity index (χ4n) is 2.53. The van der Waals surface area contributed by atoms with Gasteiger partial charge in [0.15, 0.2) is 5.12 Å². The van der Waals surface area contributed by atoms with E-state index in [4.69, 9.17) is 0 Å². The van der Waals surface area contributed by atoms with Gasteiger partial charge in [0.1, 0.15) is 0 Å². The van der Waals surface area contributed by atoms with Crippen molar-refractivity contribution in [2.45, 2.75) is 64.2 Å². The van der Waals surface area contributed by atoms with Crippen LogP contribution in [-0.2, 0) is 4.79 Å². The molecule has 0 saturated carbocycles. The van der Waals surface area contributed by atoms with Crippen LogP contribution in [0.2, 0.25) is 0 Å². The van der Waals surface area contributed by atoms with E-state index in [9.17, 15) is 9.90 Å². The Morgan fingerprint density at radius 1 is 1.26 bits per heavy atom. The van der Waals surface area contributed by atoms with Crippen LogP contribution in [0, 0.1) is 5.92 Å². The van der Waals surface area contributed by atoms with Gasteiger partial charge in [0.2, 0.25) is 0 Å². The zero-order valence-corrected chi connectivity index (χ0v) is 15.8. The van der Waals surface area contributed by atoms with E-state index in [-0.39, 0.29) is 28.1 Å². The molecule has 0 amide bonds. The van der Waals surface area contributed by atoms with Crippen LogP contribution in [0.15, 0.2) is 42.5 Å². The minimum absolute atomic E-state index is 0.00952. The predicted octanol–water partition coefficient (Wildman–Crippen LogP) is 5.18. The Morgan fingerprint density at radius 2 is 1.87 bits per heavy atom. The summed E-state index contributed by atoms with van der Waals surface area (Å²) in [6, 6.07) is 10.2. The first-order valence-corrected chi connectivity index (χ1v) is 9.17. The molecule has 0 radical (unpaired) electrons. The van der Waals surface area contributed by atoms with Gasteiger partial charge in [-0.2, -0.15) is 0 Å². The zero-order chi connectivity index (χ0) is 17.5. The van der Waals surface area contributed by atoms with E-state index in [1.165, 1.54) is 17.3 Å². The number of hydrogen-bond acceptors (Lipinski definition) is 3. The van der Waals surface area contributed by atoms with Crippen molar-refractivity contribution in [2.24, 2.45) is 5.92 Å². The molecule has 1 unspecified atom stereocenters. The number of benzene rings is 1. The number of aliphatic hydroxyl groups excluding tert-OH is 1. The molecule has 1 rings (SSSR count). The van der Waals surface area contributed by atoms with Gasteiger partial charge in [0.05, 0.1) is 6.10 Å². The first-order chi connectivity index (χ1) is 10.7. The zero-order valence-electron chi connectivity index (χ0n) is 15.0. The summed E-state index contributed by atoms with van der Waals surface area (Å²) in [5.74, 6) is 0.114. The van der Waals surface area contributed by atoms with E-state index in [0.29, 0.717) is 0 Å². The summed E-state index contributed by atoms with van der Waals surface area (Å²) in [4.78, 5) is 12.1. The van der Waals surface area contributed by atoms with Crippen LogP contribution in [0.25, 0.3) is 0 Å². The molecule has 2 nitrogen and oxygen atoms in total. The SMILES string of the molecule is CC/C=C/[C@@H](c1ccccc1)[C@H](C)C(O)CC(=O)SC(C)(C)C. The number of allylic oxidation sites excluding steroid dienone is 2. The largest absolute Gasteiger partial charge is 0.392 e. The van der Waals surface area contributed by atoms with Gasteiger partial charge in [0, 0.05) is 17.1 Å². The Labute approximate surface area is 145 Å². The van der Waals surface area contributed by atoms with E-state index in [2.05, 4.69) is 31.2 Å². The minimum Gasteiger partial charge on any atom is -0.392 e. The number of carbonyl (C=O) groups excluding carboxylic acids is 1. The maximum atomic E-state index is 12.1. The topological polar surface area (TPSA) is 37.3 Å². The molecular formula is C20H30O2S. The number of rotatable bonds is 7. The molecule has 128 valence electrons. The maximum absolute atomic E-state index is 12.1. The first-order valence-electron chi connectivity index (χ1n) is 8.36. The number of hydrogen-bond donors (Lipinski definition) is 1. The molecule has 3 heteroatoms. The fourth-order valence-corrected chi connectivity index (χ4v) is 3.46. The average molecular weight is 335 g/mol. The van der Waals surface area contributed by atoms with Crippen LogP contribution in [0.3, 0.4) is 0 Å². The van der Waals surface area contributed by atoms with Crippen LogP contribution in [0.5, 0.6) is 0 Å². The molecular weight excluding hydrogens is 304 g/mol. The Morgan fingerprint density at radius 3 is 2.39 bits per heavy atom. The van der Waals surface area contributed by atoms with Gasteiger partial charge < -0.3 is 5.11 Å². The molecule has 0 aromatic heterocycles. The summed E-state index contributed by atoms with van der Waals surface area (Å²) >= 11 is 1.31. The van der Waals surface area contributed by atoms with Crippen LogP contribution < -0.4 is 0 Å². The third kappa shape index (κ3) is 7.36. The van der Waals surface area contributed by atoms with Gasteiger partial charge >= 0.3 is 0 Å². The van der Waals surface area contributed by atoms with Crippen molar-refractivity contribution >= 4 is 16.9 Å². The van der Waals surface area contributed by atoms with Gasteiger partial charge in [-0.15, -0.1) is 0 Å². The number of thioether (sulfide) groups is 1. The molecule has 1 aromatic carbocycles. The van der Waals surface area contributed by atoms with E-state index in [1.54, 1.807) is 0 Å². The highest BCUT2D eigenvalue weighted by molar-refractivity contribution is 8.14. The molecule has 3 atom stereocenters. The highest BCUT2D eigenvalue weighted by Gasteiger charge is 2.27.